The van der Waals surface area contributed by atoms with Crippen LogP contribution in [0.3, 0.4) is 0 Å². The molecule has 0 radical (unpaired) electrons. The molecule has 2 N–H and O–H groups in total. The number of hydrogen-bond donors (Lipinski definition) is 2. The van der Waals surface area contributed by atoms with Crippen LogP contribution in [0.1, 0.15) is 5.56 Å². The predicted molar refractivity (Wildman–Crippen MR) is 40.7 cm³/mol. The normalized spacial score (nSPS) is 9.57. The van der Waals surface area contributed by atoms with Crippen LogP contribution in [0, 0.1) is 11.5 Å². The first kappa shape index (κ1) is 12.1. The molecule has 0 atom stereocenters. The van der Waals surface area contributed by atoms with Crippen molar-refractivity contribution in [3.8, 4) is 12.0 Å². The number of aliphatic hydroxyl groups is 1. The van der Waals surface area contributed by atoms with E-state index in [0.29, 0.717) is 0 Å². The van der Waals surface area contributed by atoms with Gasteiger partial charge >= 0.3 is 6.18 Å². The number of benzene rings is 1. The molecule has 3 nitrogen and oxygen atoms in total. The van der Waals surface area contributed by atoms with Gasteiger partial charge in [-0.15, -0.1) is 0 Å². The lowest BCUT2D eigenvalue weighted by Crippen LogP contribution is -2.04. The summed E-state index contributed by atoms with van der Waals surface area (Å²) in [5, 5.41) is 22.5. The number of rotatable bonds is 0. The van der Waals surface area contributed by atoms with Gasteiger partial charge in [0.2, 0.25) is 0 Å². The second kappa shape index (κ2) is 4.97. The maximum Gasteiger partial charge on any atom is 0.419 e. The van der Waals surface area contributed by atoms with Crippen molar-refractivity contribution in [2.24, 2.45) is 0 Å². The number of para-hydroxylation sites is 1. The van der Waals surface area contributed by atoms with Crippen molar-refractivity contribution in [2.75, 3.05) is 0 Å². The van der Waals surface area contributed by atoms with E-state index in [4.69, 9.17) is 15.5 Å². The zero-order chi connectivity index (χ0) is 11.2. The Morgan fingerprint density at radius 1 is 1.21 bits per heavy atom. The first-order valence-electron chi connectivity index (χ1n) is 3.32. The first-order valence-corrected chi connectivity index (χ1v) is 3.32. The average Bonchev–Trinajstić information content (AvgIpc) is 2.04. The minimum absolute atomic E-state index is 0.736. The van der Waals surface area contributed by atoms with Crippen molar-refractivity contribution in [3.63, 3.8) is 0 Å². The number of nitrogens with zero attached hydrogens (tertiary/aromatic N) is 1. The molecule has 0 spiro atoms. The molecule has 0 aliphatic heterocycles. The van der Waals surface area contributed by atoms with Crippen LogP contribution in [0.5, 0.6) is 5.75 Å². The minimum Gasteiger partial charge on any atom is -0.507 e. The van der Waals surface area contributed by atoms with E-state index < -0.39 is 17.5 Å². The maximum absolute atomic E-state index is 11.9. The van der Waals surface area contributed by atoms with Gasteiger partial charge in [-0.05, 0) is 12.1 Å². The fraction of sp³-hybridized carbons (Fsp3) is 0.125. The molecule has 0 aliphatic carbocycles. The summed E-state index contributed by atoms with van der Waals surface area (Å²) in [5.74, 6) is -0.736. The largest absolute Gasteiger partial charge is 0.507 e. The molecule has 76 valence electrons. The molecular formula is C8H6F3NO2. The Labute approximate surface area is 77.6 Å². The number of nitriles is 1. The molecule has 6 heteroatoms. The fourth-order valence-corrected chi connectivity index (χ4v) is 0.713. The van der Waals surface area contributed by atoms with E-state index in [2.05, 4.69) is 0 Å². The fourth-order valence-electron chi connectivity index (χ4n) is 0.713. The van der Waals surface area contributed by atoms with Crippen LogP contribution in [-0.2, 0) is 6.18 Å². The van der Waals surface area contributed by atoms with Crippen molar-refractivity contribution in [1.82, 2.24) is 0 Å². The molecule has 1 aromatic rings. The van der Waals surface area contributed by atoms with Crippen molar-refractivity contribution >= 4 is 0 Å². The third kappa shape index (κ3) is 3.67. The Morgan fingerprint density at radius 3 is 1.93 bits per heavy atom. The molecule has 14 heavy (non-hydrogen) atoms. The topological polar surface area (TPSA) is 64.2 Å². The summed E-state index contributed by atoms with van der Waals surface area (Å²) >= 11 is 0. The van der Waals surface area contributed by atoms with Gasteiger partial charge < -0.3 is 10.2 Å². The number of halogens is 3. The van der Waals surface area contributed by atoms with Gasteiger partial charge in [0.05, 0.1) is 5.56 Å². The van der Waals surface area contributed by atoms with Gasteiger partial charge in [-0.25, -0.2) is 0 Å². The minimum atomic E-state index is -4.47. The molecule has 1 aromatic carbocycles. The number of phenolic OH excluding ortho intramolecular Hbond substituents is 1. The highest BCUT2D eigenvalue weighted by molar-refractivity contribution is 5.33. The number of aliphatic hydroxyl groups excluding tert-OH is 1. The summed E-state index contributed by atoms with van der Waals surface area (Å²) in [6.45, 7) is 0. The highest BCUT2D eigenvalue weighted by Crippen LogP contribution is 2.34. The van der Waals surface area contributed by atoms with Crippen molar-refractivity contribution in [1.29, 1.82) is 5.26 Å². The Kier molecular flexibility index (Phi) is 4.29. The van der Waals surface area contributed by atoms with Crippen LogP contribution in [0.25, 0.3) is 0 Å². The van der Waals surface area contributed by atoms with Gasteiger partial charge in [-0.3, -0.25) is 0 Å². The number of hydrogen-bond acceptors (Lipinski definition) is 3. The molecule has 0 fully saturated rings. The van der Waals surface area contributed by atoms with Gasteiger partial charge in [0.25, 0.3) is 6.26 Å². The van der Waals surface area contributed by atoms with Crippen molar-refractivity contribution in [3.05, 3.63) is 29.8 Å². The van der Waals surface area contributed by atoms with E-state index >= 15 is 0 Å². The van der Waals surface area contributed by atoms with E-state index in [1.165, 1.54) is 12.1 Å². The molecule has 0 unspecified atom stereocenters. The maximum atomic E-state index is 11.9. The van der Waals surface area contributed by atoms with Gasteiger partial charge in [0.15, 0.2) is 0 Å². The summed E-state index contributed by atoms with van der Waals surface area (Å²) in [6.07, 6.45) is -3.72. The number of aromatic hydroxyl groups is 1. The van der Waals surface area contributed by atoms with Crippen LogP contribution in [0.4, 0.5) is 13.2 Å². The van der Waals surface area contributed by atoms with E-state index in [0.717, 1.165) is 18.4 Å². The van der Waals surface area contributed by atoms with Gasteiger partial charge in [0.1, 0.15) is 5.75 Å². The molecule has 0 aliphatic rings. The summed E-state index contributed by atoms with van der Waals surface area (Å²) in [7, 11) is 0. The highest BCUT2D eigenvalue weighted by atomic mass is 19.4. The molecule has 1 rings (SSSR count). The molecule has 0 aromatic heterocycles. The van der Waals surface area contributed by atoms with Crippen molar-refractivity contribution in [2.45, 2.75) is 6.18 Å². The molecule has 0 bridgehead atoms. The molecule has 0 heterocycles. The SMILES string of the molecule is N#CO.Oc1ccccc1C(F)(F)F. The smallest absolute Gasteiger partial charge is 0.419 e. The van der Waals surface area contributed by atoms with Crippen LogP contribution in [-0.4, -0.2) is 10.2 Å². The second-order valence-corrected chi connectivity index (χ2v) is 2.11. The van der Waals surface area contributed by atoms with Crippen LogP contribution < -0.4 is 0 Å². The molecular weight excluding hydrogens is 199 g/mol. The zero-order valence-corrected chi connectivity index (χ0v) is 6.78. The Morgan fingerprint density at radius 2 is 1.64 bits per heavy atom. The molecule has 0 amide bonds. The van der Waals surface area contributed by atoms with Gasteiger partial charge in [-0.1, -0.05) is 12.1 Å². The van der Waals surface area contributed by atoms with E-state index in [1.807, 2.05) is 0 Å². The summed E-state index contributed by atoms with van der Waals surface area (Å²) in [6, 6.07) is 4.39. The standard InChI is InChI=1S/C7H5F3O.CHNO/c8-7(9,10)5-3-1-2-4-6(5)11;2-1-3/h1-4,11H;3H. The van der Waals surface area contributed by atoms with Gasteiger partial charge in [-0.2, -0.15) is 18.4 Å². The zero-order valence-electron chi connectivity index (χ0n) is 6.78. The van der Waals surface area contributed by atoms with E-state index in [1.54, 1.807) is 0 Å². The Hall–Kier alpha value is -1.90. The second-order valence-electron chi connectivity index (χ2n) is 2.11. The predicted octanol–water partition coefficient (Wildman–Crippen LogP) is 2.25. The lowest BCUT2D eigenvalue weighted by Gasteiger charge is -2.06. The van der Waals surface area contributed by atoms with Crippen LogP contribution >= 0.6 is 0 Å². The quantitative estimate of drug-likeness (QED) is 0.638. The summed E-state index contributed by atoms with van der Waals surface area (Å²) in [5.41, 5.74) is -1.000. The van der Waals surface area contributed by atoms with E-state index in [9.17, 15) is 13.2 Å². The first-order chi connectivity index (χ1) is 6.43. The summed E-state index contributed by atoms with van der Waals surface area (Å²) < 4.78 is 35.7. The average molecular weight is 205 g/mol. The molecule has 0 saturated carbocycles. The number of alkyl halides is 3. The third-order valence-electron chi connectivity index (χ3n) is 1.21. The Balaban J connectivity index is 0.000000500. The van der Waals surface area contributed by atoms with Crippen LogP contribution in [0.15, 0.2) is 24.3 Å². The summed E-state index contributed by atoms with van der Waals surface area (Å²) in [4.78, 5) is 0. The monoisotopic (exact) mass is 205 g/mol. The highest BCUT2D eigenvalue weighted by Gasteiger charge is 2.33. The van der Waals surface area contributed by atoms with Gasteiger partial charge in [0, 0.05) is 0 Å². The van der Waals surface area contributed by atoms with Crippen LogP contribution in [0.2, 0.25) is 0 Å². The third-order valence-corrected chi connectivity index (χ3v) is 1.21. The van der Waals surface area contributed by atoms with Crippen molar-refractivity contribution < 1.29 is 23.4 Å². The number of phenols is 1. The Bertz CT molecular complexity index is 330. The lowest BCUT2D eigenvalue weighted by molar-refractivity contribution is -0.138. The lowest BCUT2D eigenvalue weighted by atomic mass is 10.2. The van der Waals surface area contributed by atoms with E-state index in [-0.39, 0.29) is 0 Å². The molecule has 0 saturated heterocycles.